The van der Waals surface area contributed by atoms with Crippen LogP contribution in [0.2, 0.25) is 5.02 Å². The van der Waals surface area contributed by atoms with Gasteiger partial charge in [0.1, 0.15) is 5.69 Å². The summed E-state index contributed by atoms with van der Waals surface area (Å²) in [4.78, 5) is 28.8. The Morgan fingerprint density at radius 2 is 1.82 bits per heavy atom. The molecular formula is C17H17ClN2O2. The van der Waals surface area contributed by atoms with Crippen LogP contribution < -0.4 is 5.32 Å². The second-order valence-electron chi connectivity index (χ2n) is 5.94. The molecule has 0 radical (unpaired) electrons. The van der Waals surface area contributed by atoms with E-state index >= 15 is 0 Å². The zero-order valence-electron chi connectivity index (χ0n) is 12.7. The van der Waals surface area contributed by atoms with E-state index < -0.39 is 5.41 Å². The van der Waals surface area contributed by atoms with Gasteiger partial charge in [-0.05, 0) is 24.3 Å². The average molecular weight is 317 g/mol. The van der Waals surface area contributed by atoms with Crippen LogP contribution in [0.4, 0.5) is 5.69 Å². The molecule has 22 heavy (non-hydrogen) atoms. The smallest absolute Gasteiger partial charge is 0.229 e. The first-order valence-electron chi connectivity index (χ1n) is 6.86. The molecule has 0 spiro atoms. The van der Waals surface area contributed by atoms with Gasteiger partial charge in [0.05, 0.1) is 5.69 Å². The summed E-state index contributed by atoms with van der Waals surface area (Å²) in [7, 11) is 0. The molecule has 4 nitrogen and oxygen atoms in total. The molecule has 0 saturated heterocycles. The summed E-state index contributed by atoms with van der Waals surface area (Å²) >= 11 is 5.90. The molecule has 2 aromatic rings. The fraction of sp³-hybridized carbons (Fsp3) is 0.235. The van der Waals surface area contributed by atoms with E-state index in [1.807, 2.05) is 20.8 Å². The number of ketones is 1. The van der Waals surface area contributed by atoms with E-state index in [4.69, 9.17) is 11.6 Å². The van der Waals surface area contributed by atoms with Crippen molar-refractivity contribution in [2.24, 2.45) is 5.41 Å². The number of benzene rings is 1. The Hall–Kier alpha value is -2.20. The van der Waals surface area contributed by atoms with Crippen LogP contribution in [0.1, 0.15) is 36.8 Å². The van der Waals surface area contributed by atoms with Crippen molar-refractivity contribution in [2.45, 2.75) is 20.8 Å². The molecule has 5 heteroatoms. The predicted molar refractivity (Wildman–Crippen MR) is 87.2 cm³/mol. The van der Waals surface area contributed by atoms with Gasteiger partial charge in [0.15, 0.2) is 0 Å². The lowest BCUT2D eigenvalue weighted by molar-refractivity contribution is -0.123. The number of carbonyl (C=O) groups excluding carboxylic acids is 2. The van der Waals surface area contributed by atoms with Gasteiger partial charge in [0, 0.05) is 22.2 Å². The Bertz CT molecular complexity index is 721. The van der Waals surface area contributed by atoms with Crippen molar-refractivity contribution in [1.82, 2.24) is 4.98 Å². The fourth-order valence-corrected chi connectivity index (χ4v) is 1.93. The molecule has 0 aliphatic rings. The lowest BCUT2D eigenvalue weighted by atomic mass is 9.95. The summed E-state index contributed by atoms with van der Waals surface area (Å²) in [6.07, 6.45) is 1.48. The first-order chi connectivity index (χ1) is 10.3. The zero-order chi connectivity index (χ0) is 16.3. The number of aromatic nitrogens is 1. The summed E-state index contributed by atoms with van der Waals surface area (Å²) in [5.41, 5.74) is 0.541. The Balaban J connectivity index is 2.36. The van der Waals surface area contributed by atoms with E-state index in [0.717, 1.165) is 0 Å². The zero-order valence-corrected chi connectivity index (χ0v) is 13.4. The third-order valence-corrected chi connectivity index (χ3v) is 3.29. The van der Waals surface area contributed by atoms with Crippen LogP contribution >= 0.6 is 11.6 Å². The van der Waals surface area contributed by atoms with Crippen molar-refractivity contribution in [3.05, 3.63) is 58.9 Å². The number of para-hydroxylation sites is 1. The highest BCUT2D eigenvalue weighted by Crippen LogP contribution is 2.23. The molecule has 1 amide bonds. The highest BCUT2D eigenvalue weighted by molar-refractivity contribution is 6.31. The van der Waals surface area contributed by atoms with Gasteiger partial charge in [0.25, 0.3) is 0 Å². The topological polar surface area (TPSA) is 59.1 Å². The van der Waals surface area contributed by atoms with Gasteiger partial charge in [-0.1, -0.05) is 44.5 Å². The molecule has 0 saturated carbocycles. The molecule has 0 bridgehead atoms. The quantitative estimate of drug-likeness (QED) is 0.872. The predicted octanol–water partition coefficient (Wildman–Crippen LogP) is 3.95. The Morgan fingerprint density at radius 3 is 2.45 bits per heavy atom. The molecule has 1 N–H and O–H groups in total. The van der Waals surface area contributed by atoms with Gasteiger partial charge in [-0.15, -0.1) is 0 Å². The van der Waals surface area contributed by atoms with Gasteiger partial charge < -0.3 is 5.32 Å². The van der Waals surface area contributed by atoms with Gasteiger partial charge >= 0.3 is 0 Å². The number of rotatable bonds is 3. The fourth-order valence-electron chi connectivity index (χ4n) is 1.77. The highest BCUT2D eigenvalue weighted by atomic mass is 35.5. The molecule has 1 aromatic carbocycles. The third kappa shape index (κ3) is 3.71. The van der Waals surface area contributed by atoms with Crippen LogP contribution in [0.15, 0.2) is 42.6 Å². The largest absolute Gasteiger partial charge is 0.325 e. The molecular weight excluding hydrogens is 300 g/mol. The molecule has 0 fully saturated rings. The van der Waals surface area contributed by atoms with E-state index in [-0.39, 0.29) is 17.4 Å². The number of nitrogens with zero attached hydrogens (tertiary/aromatic N) is 1. The molecule has 2 rings (SSSR count). The van der Waals surface area contributed by atoms with Crippen molar-refractivity contribution < 1.29 is 9.59 Å². The first kappa shape index (κ1) is 16.2. The SMILES string of the molecule is CC(C)(C)C(=O)Nc1ccccc1C(=O)c1cc(Cl)ccn1. The number of halogens is 1. The van der Waals surface area contributed by atoms with Gasteiger partial charge in [-0.2, -0.15) is 0 Å². The lowest BCUT2D eigenvalue weighted by Crippen LogP contribution is -2.28. The molecule has 0 atom stereocenters. The standard InChI is InChI=1S/C17H17ClN2O2/c1-17(2,3)16(22)20-13-7-5-4-6-12(13)15(21)14-10-11(18)8-9-19-14/h4-10H,1-3H3,(H,20,22). The summed E-state index contributed by atoms with van der Waals surface area (Å²) < 4.78 is 0. The summed E-state index contributed by atoms with van der Waals surface area (Å²) in [6.45, 7) is 5.43. The first-order valence-corrected chi connectivity index (χ1v) is 7.23. The number of pyridine rings is 1. The van der Waals surface area contributed by atoms with Crippen LogP contribution in [-0.4, -0.2) is 16.7 Å². The third-order valence-electron chi connectivity index (χ3n) is 3.06. The number of nitrogens with one attached hydrogen (secondary N) is 1. The Kier molecular flexibility index (Phi) is 4.62. The number of anilines is 1. The van der Waals surface area contributed by atoms with E-state index in [1.165, 1.54) is 12.3 Å². The van der Waals surface area contributed by atoms with Crippen molar-refractivity contribution >= 4 is 29.0 Å². The normalized spacial score (nSPS) is 11.1. The molecule has 1 aromatic heterocycles. The molecule has 0 aliphatic carbocycles. The van der Waals surface area contributed by atoms with Crippen molar-refractivity contribution in [3.8, 4) is 0 Å². The van der Waals surface area contributed by atoms with Crippen molar-refractivity contribution in [1.29, 1.82) is 0 Å². The van der Waals surface area contributed by atoms with Gasteiger partial charge in [-0.25, -0.2) is 0 Å². The minimum Gasteiger partial charge on any atom is -0.325 e. The minimum atomic E-state index is -0.551. The Morgan fingerprint density at radius 1 is 1.14 bits per heavy atom. The molecule has 0 unspecified atom stereocenters. The summed E-state index contributed by atoms with van der Waals surface area (Å²) in [5, 5.41) is 3.23. The van der Waals surface area contributed by atoms with Crippen LogP contribution in [0.3, 0.4) is 0 Å². The maximum Gasteiger partial charge on any atom is 0.229 e. The maximum absolute atomic E-state index is 12.6. The van der Waals surface area contributed by atoms with Crippen molar-refractivity contribution in [2.75, 3.05) is 5.32 Å². The van der Waals surface area contributed by atoms with Gasteiger partial charge in [-0.3, -0.25) is 14.6 Å². The molecule has 1 heterocycles. The number of hydrogen-bond acceptors (Lipinski definition) is 3. The number of amides is 1. The molecule has 0 aliphatic heterocycles. The van der Waals surface area contributed by atoms with Crippen LogP contribution in [0.25, 0.3) is 0 Å². The maximum atomic E-state index is 12.6. The molecule has 114 valence electrons. The van der Waals surface area contributed by atoms with E-state index in [9.17, 15) is 9.59 Å². The number of hydrogen-bond donors (Lipinski definition) is 1. The summed E-state index contributed by atoms with van der Waals surface area (Å²) in [6, 6.07) is 9.97. The lowest BCUT2D eigenvalue weighted by Gasteiger charge is -2.19. The van der Waals surface area contributed by atoms with Crippen LogP contribution in [0, 0.1) is 5.41 Å². The van der Waals surface area contributed by atoms with E-state index in [1.54, 1.807) is 30.3 Å². The monoisotopic (exact) mass is 316 g/mol. The Labute approximate surface area is 134 Å². The van der Waals surface area contributed by atoms with Gasteiger partial charge in [0.2, 0.25) is 11.7 Å². The number of carbonyl (C=O) groups is 2. The summed E-state index contributed by atoms with van der Waals surface area (Å²) in [5.74, 6) is -0.445. The average Bonchev–Trinajstić information content (AvgIpc) is 2.46. The van der Waals surface area contributed by atoms with Crippen molar-refractivity contribution in [3.63, 3.8) is 0 Å². The van der Waals surface area contributed by atoms with Crippen LogP contribution in [0.5, 0.6) is 0 Å². The van der Waals surface area contributed by atoms with E-state index in [2.05, 4.69) is 10.3 Å². The second kappa shape index (κ2) is 6.28. The highest BCUT2D eigenvalue weighted by Gasteiger charge is 2.23. The minimum absolute atomic E-state index is 0.160. The second-order valence-corrected chi connectivity index (χ2v) is 6.37. The van der Waals surface area contributed by atoms with Crippen LogP contribution in [-0.2, 0) is 4.79 Å². The van der Waals surface area contributed by atoms with E-state index in [0.29, 0.717) is 16.3 Å².